The average molecular weight is 383 g/mol. The normalized spacial score (nSPS) is 16.0. The van der Waals surface area contributed by atoms with E-state index in [9.17, 15) is 21.8 Å². The highest BCUT2D eigenvalue weighted by atomic mass is 35.5. The maximum atomic E-state index is 13.6. The number of nitrogens with zero attached hydrogens (tertiary/aromatic N) is 3. The molecule has 1 heterocycles. The summed E-state index contributed by atoms with van der Waals surface area (Å²) in [7, 11) is -3.19. The summed E-state index contributed by atoms with van der Waals surface area (Å²) in [5.74, 6) is -1.05. The summed E-state index contributed by atoms with van der Waals surface area (Å²) in [5, 5.41) is -0.342. The first-order valence-electron chi connectivity index (χ1n) is 6.33. The van der Waals surface area contributed by atoms with E-state index in [1.165, 1.54) is 0 Å². The van der Waals surface area contributed by atoms with E-state index in [1.807, 2.05) is 0 Å². The fourth-order valence-electron chi connectivity index (χ4n) is 2.03. The molecule has 1 N–H and O–H groups in total. The molecule has 2 atom stereocenters. The summed E-state index contributed by atoms with van der Waals surface area (Å²) in [6, 6.07) is 0.0656. The topological polar surface area (TPSA) is 69.9 Å². The summed E-state index contributed by atoms with van der Waals surface area (Å²) < 4.78 is 74.8. The third-order valence-electron chi connectivity index (χ3n) is 3.19. The molecule has 0 radical (unpaired) electrons. The molecule has 0 saturated heterocycles. The quantitative estimate of drug-likeness (QED) is 0.817. The van der Waals surface area contributed by atoms with E-state index in [4.69, 9.17) is 16.4 Å². The second-order valence-electron chi connectivity index (χ2n) is 4.76. The highest BCUT2D eigenvalue weighted by Gasteiger charge is 2.47. The molecule has 11 heteroatoms. The van der Waals surface area contributed by atoms with Gasteiger partial charge < -0.3 is 0 Å². The first kappa shape index (κ1) is 18.6. The number of benzene rings is 1. The van der Waals surface area contributed by atoms with E-state index in [-0.39, 0.29) is 9.92 Å². The molecule has 2 rings (SSSR count). The molecule has 0 bridgehead atoms. The maximum Gasteiger partial charge on any atom is 0.409 e. The van der Waals surface area contributed by atoms with Gasteiger partial charge in [0.2, 0.25) is 0 Å². The largest absolute Gasteiger partial charge is 0.409 e. The molecule has 1 aromatic carbocycles. The van der Waals surface area contributed by atoms with Crippen molar-refractivity contribution in [3.63, 3.8) is 0 Å². The van der Waals surface area contributed by atoms with Gasteiger partial charge in [-0.2, -0.15) is 13.2 Å². The lowest BCUT2D eigenvalue weighted by atomic mass is 10.1. The second kappa shape index (κ2) is 6.61. The molecule has 1 aromatic heterocycles. The van der Waals surface area contributed by atoms with Crippen LogP contribution in [0.4, 0.5) is 17.6 Å². The van der Waals surface area contributed by atoms with Gasteiger partial charge in [-0.05, 0) is 17.7 Å². The van der Waals surface area contributed by atoms with Crippen molar-refractivity contribution in [1.82, 2.24) is 14.3 Å². The highest BCUT2D eigenvalue weighted by molar-refractivity contribution is 7.90. The molecular formula is C13H11ClF4N4OS. The van der Waals surface area contributed by atoms with Gasteiger partial charge in [0.05, 0.1) is 9.92 Å². The molecule has 0 saturated carbocycles. The van der Waals surface area contributed by atoms with Crippen molar-refractivity contribution in [3.8, 4) is 0 Å². The predicted molar refractivity (Wildman–Crippen MR) is 79.1 cm³/mol. The summed E-state index contributed by atoms with van der Waals surface area (Å²) in [4.78, 5) is 6.82. The Morgan fingerprint density at radius 1 is 1.29 bits per heavy atom. The van der Waals surface area contributed by atoms with Crippen LogP contribution >= 0.6 is 11.6 Å². The van der Waals surface area contributed by atoms with Crippen LogP contribution in [0.5, 0.6) is 0 Å². The first-order valence-corrected chi connectivity index (χ1v) is 8.23. The van der Waals surface area contributed by atoms with Crippen molar-refractivity contribution in [2.45, 2.75) is 17.1 Å². The van der Waals surface area contributed by atoms with Gasteiger partial charge in [0.1, 0.15) is 28.1 Å². The van der Waals surface area contributed by atoms with E-state index in [0.29, 0.717) is 10.4 Å². The zero-order valence-electron chi connectivity index (χ0n) is 12.1. The van der Waals surface area contributed by atoms with Gasteiger partial charge in [0.25, 0.3) is 0 Å². The third-order valence-corrected chi connectivity index (χ3v) is 5.37. The van der Waals surface area contributed by atoms with Gasteiger partial charge in [-0.1, -0.05) is 17.7 Å². The standard InChI is InChI=1S/C13H11ClF4N4OS/c1-22(24(19,23)9-5-20-7-21-6-9)12(13(16,17)18)8-2-3-10(14)11(15)4-8/h2-7,12,19H,1H3/t12-,24-/m1/s1. The number of nitrogens with one attached hydrogen (secondary N) is 1. The molecule has 0 unspecified atom stereocenters. The minimum Gasteiger partial charge on any atom is -0.243 e. The van der Waals surface area contributed by atoms with Gasteiger partial charge in [-0.25, -0.2) is 27.7 Å². The maximum absolute atomic E-state index is 13.6. The molecular weight excluding hydrogens is 372 g/mol. The van der Waals surface area contributed by atoms with Crippen molar-refractivity contribution >= 4 is 21.5 Å². The SMILES string of the molecule is CN([C@H](c1ccc(Cl)c(F)c1)C(F)(F)F)[S@@](=N)(=O)c1cncnc1. The third kappa shape index (κ3) is 3.65. The molecule has 0 fully saturated rings. The molecule has 24 heavy (non-hydrogen) atoms. The summed E-state index contributed by atoms with van der Waals surface area (Å²) in [6.07, 6.45) is -1.83. The van der Waals surface area contributed by atoms with Crippen LogP contribution in [0, 0.1) is 10.6 Å². The fourth-order valence-corrected chi connectivity index (χ4v) is 3.43. The molecule has 0 aliphatic heterocycles. The van der Waals surface area contributed by atoms with E-state index in [0.717, 1.165) is 37.9 Å². The van der Waals surface area contributed by atoms with Crippen molar-refractivity contribution < 1.29 is 21.8 Å². The summed E-state index contributed by atoms with van der Waals surface area (Å²) in [6.45, 7) is 0. The van der Waals surface area contributed by atoms with Crippen LogP contribution in [0.3, 0.4) is 0 Å². The highest BCUT2D eigenvalue weighted by Crippen LogP contribution is 2.40. The van der Waals surface area contributed by atoms with Crippen LogP contribution in [0.1, 0.15) is 11.6 Å². The number of rotatable bonds is 4. The Bertz CT molecular complexity index is 830. The molecule has 5 nitrogen and oxygen atoms in total. The van der Waals surface area contributed by atoms with Crippen LogP contribution in [-0.4, -0.2) is 31.7 Å². The molecule has 0 spiro atoms. The monoisotopic (exact) mass is 382 g/mol. The van der Waals surface area contributed by atoms with E-state index < -0.39 is 33.5 Å². The lowest BCUT2D eigenvalue weighted by Gasteiger charge is -2.31. The Hall–Kier alpha value is -1.78. The smallest absolute Gasteiger partial charge is 0.243 e. The van der Waals surface area contributed by atoms with E-state index in [2.05, 4.69) is 9.97 Å². The van der Waals surface area contributed by atoms with Crippen LogP contribution in [0.2, 0.25) is 5.02 Å². The Morgan fingerprint density at radius 3 is 2.38 bits per heavy atom. The van der Waals surface area contributed by atoms with Crippen molar-refractivity contribution in [3.05, 3.63) is 53.3 Å². The van der Waals surface area contributed by atoms with Crippen LogP contribution in [-0.2, 0) is 9.92 Å². The lowest BCUT2D eigenvalue weighted by molar-refractivity contribution is -0.170. The van der Waals surface area contributed by atoms with Gasteiger partial charge in [-0.15, -0.1) is 0 Å². The van der Waals surface area contributed by atoms with Crippen molar-refractivity contribution in [2.75, 3.05) is 7.05 Å². The first-order chi connectivity index (χ1) is 11.0. The van der Waals surface area contributed by atoms with Crippen LogP contribution in [0.15, 0.2) is 41.8 Å². The molecule has 2 aromatic rings. The Balaban J connectivity index is 2.54. The zero-order valence-corrected chi connectivity index (χ0v) is 13.7. The zero-order chi connectivity index (χ0) is 18.1. The number of hydrogen-bond donors (Lipinski definition) is 1. The van der Waals surface area contributed by atoms with Gasteiger partial charge in [0, 0.05) is 19.4 Å². The molecule has 0 aliphatic rings. The molecule has 0 amide bonds. The van der Waals surface area contributed by atoms with Crippen LogP contribution in [0.25, 0.3) is 0 Å². The fraction of sp³-hybridized carbons (Fsp3) is 0.231. The average Bonchev–Trinajstić information content (AvgIpc) is 2.50. The molecule has 130 valence electrons. The van der Waals surface area contributed by atoms with E-state index in [1.54, 1.807) is 0 Å². The van der Waals surface area contributed by atoms with Crippen molar-refractivity contribution in [1.29, 1.82) is 4.78 Å². The van der Waals surface area contributed by atoms with Crippen LogP contribution < -0.4 is 0 Å². The Kier molecular flexibility index (Phi) is 5.11. The Labute approximate surface area is 140 Å². The predicted octanol–water partition coefficient (Wildman–Crippen LogP) is 3.83. The number of alkyl halides is 3. The van der Waals surface area contributed by atoms with Crippen molar-refractivity contribution in [2.24, 2.45) is 0 Å². The number of halogens is 5. The summed E-state index contributed by atoms with van der Waals surface area (Å²) >= 11 is 5.49. The van der Waals surface area contributed by atoms with Gasteiger partial charge in [0.15, 0.2) is 0 Å². The minimum atomic E-state index is -4.91. The number of aromatic nitrogens is 2. The van der Waals surface area contributed by atoms with E-state index >= 15 is 0 Å². The van der Waals surface area contributed by atoms with Gasteiger partial charge >= 0.3 is 6.18 Å². The number of hydrogen-bond acceptors (Lipinski definition) is 4. The second-order valence-corrected chi connectivity index (χ2v) is 7.27. The van der Waals surface area contributed by atoms with Gasteiger partial charge in [-0.3, -0.25) is 0 Å². The molecule has 0 aliphatic carbocycles. The Morgan fingerprint density at radius 2 is 1.88 bits per heavy atom. The lowest BCUT2D eigenvalue weighted by Crippen LogP contribution is -2.39. The minimum absolute atomic E-state index is 0.295. The summed E-state index contributed by atoms with van der Waals surface area (Å²) in [5.41, 5.74) is -0.524.